The van der Waals surface area contributed by atoms with E-state index in [9.17, 15) is 13.2 Å². The Hall–Kier alpha value is -1.60. The van der Waals surface area contributed by atoms with Gasteiger partial charge in [-0.2, -0.15) is 24.9 Å². The number of rotatable bonds is 4. The van der Waals surface area contributed by atoms with Gasteiger partial charge in [-0.05, 0) is 50.1 Å². The van der Waals surface area contributed by atoms with Crippen molar-refractivity contribution in [3.8, 4) is 0 Å². The molecule has 1 aromatic carbocycles. The molecule has 1 N–H and O–H groups in total. The minimum atomic E-state index is -4.36. The third-order valence-electron chi connectivity index (χ3n) is 5.11. The number of hydrogen-bond acceptors (Lipinski definition) is 3. The van der Waals surface area contributed by atoms with E-state index in [2.05, 4.69) is 10.2 Å². The van der Waals surface area contributed by atoms with E-state index in [1.807, 2.05) is 43.8 Å². The third kappa shape index (κ3) is 5.72. The van der Waals surface area contributed by atoms with Crippen LogP contribution < -0.4 is 5.32 Å². The number of nitrogens with one attached hydrogen (secondary N) is 1. The second kappa shape index (κ2) is 9.04. The predicted molar refractivity (Wildman–Crippen MR) is 117 cm³/mol. The number of alkyl halides is 4. The van der Waals surface area contributed by atoms with Crippen LogP contribution in [0.15, 0.2) is 53.1 Å². The lowest BCUT2D eigenvalue weighted by molar-refractivity contribution is -0.137. The second-order valence-corrected chi connectivity index (χ2v) is 9.41. The quantitative estimate of drug-likeness (QED) is 0.362. The molecule has 1 heterocycles. The maximum Gasteiger partial charge on any atom is 0.416 e. The van der Waals surface area contributed by atoms with Crippen LogP contribution in [0.25, 0.3) is 0 Å². The summed E-state index contributed by atoms with van der Waals surface area (Å²) in [5.74, 6) is 3.02. The average Bonchev–Trinajstić information content (AvgIpc) is 2.67. The molecule has 2 aliphatic rings. The van der Waals surface area contributed by atoms with Gasteiger partial charge < -0.3 is 10.2 Å². The van der Waals surface area contributed by atoms with Gasteiger partial charge in [0.15, 0.2) is 0 Å². The summed E-state index contributed by atoms with van der Waals surface area (Å²) >= 11 is 8.68. The van der Waals surface area contributed by atoms with Gasteiger partial charge in [-0.15, -0.1) is 11.6 Å². The molecule has 29 heavy (non-hydrogen) atoms. The van der Waals surface area contributed by atoms with Gasteiger partial charge in [-0.25, -0.2) is 4.99 Å². The average molecular weight is 444 g/mol. The SMILES string of the molecule is C/C(=N\C(Nc1ccc(C(F)(F)F)cc1)C1=CC=CC[C@]1(C)Cl)N1CCSCC1. The van der Waals surface area contributed by atoms with Crippen molar-refractivity contribution >= 4 is 34.9 Å². The Balaban J connectivity index is 1.88. The van der Waals surface area contributed by atoms with Crippen molar-refractivity contribution in [2.45, 2.75) is 37.5 Å². The number of allylic oxidation sites excluding steroid dienone is 3. The molecule has 3 rings (SSSR count). The minimum absolute atomic E-state index is 0.464. The maximum absolute atomic E-state index is 12.9. The fraction of sp³-hybridized carbons (Fsp3) is 0.476. The molecule has 0 spiro atoms. The summed E-state index contributed by atoms with van der Waals surface area (Å²) in [4.78, 5) is 6.53. The summed E-state index contributed by atoms with van der Waals surface area (Å²) in [6.07, 6.45) is 1.74. The molecule has 1 unspecified atom stereocenters. The first-order valence-corrected chi connectivity index (χ1v) is 11.1. The molecular weight excluding hydrogens is 419 g/mol. The zero-order valence-electron chi connectivity index (χ0n) is 16.5. The Morgan fingerprint density at radius 3 is 2.48 bits per heavy atom. The summed E-state index contributed by atoms with van der Waals surface area (Å²) in [5.41, 5.74) is 0.788. The van der Waals surface area contributed by atoms with Gasteiger partial charge in [0.1, 0.15) is 6.17 Å². The highest BCUT2D eigenvalue weighted by molar-refractivity contribution is 7.99. The van der Waals surface area contributed by atoms with Crippen LogP contribution >= 0.6 is 23.4 Å². The summed E-state index contributed by atoms with van der Waals surface area (Å²) in [6.45, 7) is 5.78. The molecule has 1 aliphatic carbocycles. The molecule has 158 valence electrons. The number of anilines is 1. The van der Waals surface area contributed by atoms with Crippen molar-refractivity contribution in [1.82, 2.24) is 4.90 Å². The Labute approximate surface area is 179 Å². The normalized spacial score (nSPS) is 24.3. The van der Waals surface area contributed by atoms with E-state index < -0.39 is 22.8 Å². The Kier molecular flexibility index (Phi) is 6.89. The highest BCUT2D eigenvalue weighted by atomic mass is 35.5. The highest BCUT2D eigenvalue weighted by Crippen LogP contribution is 2.36. The van der Waals surface area contributed by atoms with Gasteiger partial charge in [0.05, 0.1) is 16.3 Å². The molecule has 0 saturated carbocycles. The molecule has 8 heteroatoms. The third-order valence-corrected chi connectivity index (χ3v) is 6.42. The van der Waals surface area contributed by atoms with Gasteiger partial charge >= 0.3 is 6.18 Å². The molecule has 1 fully saturated rings. The lowest BCUT2D eigenvalue weighted by Gasteiger charge is -2.34. The Bertz CT molecular complexity index is 794. The molecule has 0 aromatic heterocycles. The van der Waals surface area contributed by atoms with Crippen LogP contribution in [0.3, 0.4) is 0 Å². The minimum Gasteiger partial charge on any atom is -0.360 e. The second-order valence-electron chi connectivity index (χ2n) is 7.35. The van der Waals surface area contributed by atoms with Crippen LogP contribution in [0.5, 0.6) is 0 Å². The maximum atomic E-state index is 12.9. The number of amidine groups is 1. The van der Waals surface area contributed by atoms with Gasteiger partial charge in [0.25, 0.3) is 0 Å². The van der Waals surface area contributed by atoms with Gasteiger partial charge in [0.2, 0.25) is 0 Å². The summed E-state index contributed by atoms with van der Waals surface area (Å²) in [7, 11) is 0. The Morgan fingerprint density at radius 2 is 1.90 bits per heavy atom. The van der Waals surface area contributed by atoms with E-state index in [-0.39, 0.29) is 0 Å². The Morgan fingerprint density at radius 1 is 1.24 bits per heavy atom. The molecular formula is C21H25ClF3N3S. The first-order valence-electron chi connectivity index (χ1n) is 9.54. The predicted octanol–water partition coefficient (Wildman–Crippen LogP) is 5.79. The molecule has 3 nitrogen and oxygen atoms in total. The van der Waals surface area contributed by atoms with E-state index in [0.717, 1.165) is 48.1 Å². The number of nitrogens with zero attached hydrogens (tertiary/aromatic N) is 2. The van der Waals surface area contributed by atoms with E-state index in [0.29, 0.717) is 12.1 Å². The fourth-order valence-corrected chi connectivity index (χ4v) is 4.54. The fourth-order valence-electron chi connectivity index (χ4n) is 3.38. The van der Waals surface area contributed by atoms with Crippen molar-refractivity contribution in [2.24, 2.45) is 4.99 Å². The lowest BCUT2D eigenvalue weighted by Crippen LogP contribution is -2.39. The largest absolute Gasteiger partial charge is 0.416 e. The number of benzene rings is 1. The smallest absolute Gasteiger partial charge is 0.360 e. The van der Waals surface area contributed by atoms with Crippen LogP contribution in [-0.2, 0) is 6.18 Å². The molecule has 1 aliphatic heterocycles. The zero-order valence-corrected chi connectivity index (χ0v) is 18.0. The van der Waals surface area contributed by atoms with Gasteiger partial charge in [-0.1, -0.05) is 18.2 Å². The number of thioether (sulfide) groups is 1. The highest BCUT2D eigenvalue weighted by Gasteiger charge is 2.33. The van der Waals surface area contributed by atoms with E-state index in [1.165, 1.54) is 12.1 Å². The zero-order chi connectivity index (χ0) is 21.1. The van der Waals surface area contributed by atoms with Crippen LogP contribution in [-0.4, -0.2) is 46.4 Å². The van der Waals surface area contributed by atoms with Crippen molar-refractivity contribution in [3.05, 3.63) is 53.6 Å². The van der Waals surface area contributed by atoms with Crippen molar-refractivity contribution in [3.63, 3.8) is 0 Å². The van der Waals surface area contributed by atoms with E-state index >= 15 is 0 Å². The van der Waals surface area contributed by atoms with E-state index in [4.69, 9.17) is 16.6 Å². The summed E-state index contributed by atoms with van der Waals surface area (Å²) < 4.78 is 38.6. The molecule has 1 aromatic rings. The molecule has 2 atom stereocenters. The van der Waals surface area contributed by atoms with Crippen LogP contribution in [0.1, 0.15) is 25.8 Å². The van der Waals surface area contributed by atoms with Crippen molar-refractivity contribution < 1.29 is 13.2 Å². The van der Waals surface area contributed by atoms with Crippen LogP contribution in [0.2, 0.25) is 0 Å². The van der Waals surface area contributed by atoms with Crippen molar-refractivity contribution in [1.29, 1.82) is 0 Å². The molecule has 0 amide bonds. The van der Waals surface area contributed by atoms with Crippen LogP contribution in [0, 0.1) is 0 Å². The summed E-state index contributed by atoms with van der Waals surface area (Å²) in [5, 5.41) is 3.28. The van der Waals surface area contributed by atoms with Crippen molar-refractivity contribution in [2.75, 3.05) is 29.9 Å². The van der Waals surface area contributed by atoms with Gasteiger partial charge in [-0.3, -0.25) is 0 Å². The molecule has 0 radical (unpaired) electrons. The number of hydrogen-bond donors (Lipinski definition) is 1. The van der Waals surface area contributed by atoms with E-state index in [1.54, 1.807) is 0 Å². The monoisotopic (exact) mass is 443 g/mol. The number of halogens is 4. The topological polar surface area (TPSA) is 27.6 Å². The first kappa shape index (κ1) is 22.1. The standard InChI is InChI=1S/C21H25ClF3N3S/c1-15(28-11-13-29-14-12-28)26-19(18-5-3-4-10-20(18,2)22)27-17-8-6-16(7-9-17)21(23,24)25/h3-9,19,27H,10-14H2,1-2H3/b26-15+/t19?,20-/m0/s1. The van der Waals surface area contributed by atoms with Crippen LogP contribution in [0.4, 0.5) is 18.9 Å². The van der Waals surface area contributed by atoms with Gasteiger partial charge in [0, 0.05) is 30.3 Å². The number of aliphatic imine (C=N–C) groups is 1. The molecule has 0 bridgehead atoms. The first-order chi connectivity index (χ1) is 13.7. The summed E-state index contributed by atoms with van der Waals surface area (Å²) in [6, 6.07) is 5.02. The lowest BCUT2D eigenvalue weighted by atomic mass is 9.90. The molecule has 1 saturated heterocycles.